The van der Waals surface area contributed by atoms with E-state index < -0.39 is 15.8 Å². The fourth-order valence-corrected chi connectivity index (χ4v) is 4.35. The first-order valence-electron chi connectivity index (χ1n) is 9.05. The Hall–Kier alpha value is -2.84. The number of sulfonamides is 1. The van der Waals surface area contributed by atoms with E-state index in [1.807, 2.05) is 30.5 Å². The van der Waals surface area contributed by atoms with Gasteiger partial charge in [0.05, 0.1) is 24.2 Å². The highest BCUT2D eigenvalue weighted by Crippen LogP contribution is 2.26. The van der Waals surface area contributed by atoms with Crippen molar-refractivity contribution >= 4 is 39.1 Å². The summed E-state index contributed by atoms with van der Waals surface area (Å²) in [6.45, 7) is -0.0447. The molecule has 0 aliphatic rings. The highest BCUT2D eigenvalue weighted by Gasteiger charge is 2.21. The van der Waals surface area contributed by atoms with Crippen LogP contribution < -0.4 is 9.62 Å². The lowest BCUT2D eigenvalue weighted by molar-refractivity contribution is 0.102. The van der Waals surface area contributed by atoms with Gasteiger partial charge in [-0.3, -0.25) is 9.10 Å². The van der Waals surface area contributed by atoms with E-state index in [4.69, 9.17) is 0 Å². The van der Waals surface area contributed by atoms with Crippen molar-refractivity contribution in [3.05, 3.63) is 89.7 Å². The lowest BCUT2D eigenvalue weighted by Crippen LogP contribution is -2.30. The minimum absolute atomic E-state index is 0.0181. The summed E-state index contributed by atoms with van der Waals surface area (Å²) >= 11 is 1.54. The van der Waals surface area contributed by atoms with Gasteiger partial charge in [-0.2, -0.15) is 0 Å². The van der Waals surface area contributed by atoms with E-state index in [1.54, 1.807) is 30.3 Å². The Morgan fingerprint density at radius 2 is 1.63 bits per heavy atom. The molecule has 5 nitrogen and oxygen atoms in total. The van der Waals surface area contributed by atoms with E-state index in [-0.39, 0.29) is 18.1 Å². The minimum atomic E-state index is -3.70. The third-order valence-corrected chi connectivity index (χ3v) is 6.34. The predicted molar refractivity (Wildman–Crippen MR) is 120 cm³/mol. The van der Waals surface area contributed by atoms with Crippen molar-refractivity contribution in [1.29, 1.82) is 0 Å². The van der Waals surface area contributed by atoms with Gasteiger partial charge in [-0.25, -0.2) is 12.8 Å². The van der Waals surface area contributed by atoms with E-state index in [0.29, 0.717) is 11.1 Å². The third kappa shape index (κ3) is 5.20. The molecule has 0 radical (unpaired) electrons. The molecular weight excluding hydrogens is 423 g/mol. The molecule has 0 saturated carbocycles. The summed E-state index contributed by atoms with van der Waals surface area (Å²) in [6.07, 6.45) is 2.97. The molecule has 0 saturated heterocycles. The molecule has 0 aliphatic heterocycles. The Morgan fingerprint density at radius 3 is 2.27 bits per heavy atom. The van der Waals surface area contributed by atoms with Gasteiger partial charge in [0.2, 0.25) is 10.0 Å². The Morgan fingerprint density at radius 1 is 1.00 bits per heavy atom. The molecule has 0 heterocycles. The first-order chi connectivity index (χ1) is 14.3. The quantitative estimate of drug-likeness (QED) is 0.533. The van der Waals surface area contributed by atoms with Gasteiger partial charge in [0.15, 0.2) is 0 Å². The maximum atomic E-state index is 14.2. The Balaban J connectivity index is 1.79. The Kier molecular flexibility index (Phi) is 6.79. The van der Waals surface area contributed by atoms with E-state index in [0.717, 1.165) is 21.1 Å². The molecule has 8 heteroatoms. The zero-order valence-electron chi connectivity index (χ0n) is 16.5. The molecular formula is C22H21FN2O3S2. The van der Waals surface area contributed by atoms with Crippen LogP contribution in [0.25, 0.3) is 0 Å². The van der Waals surface area contributed by atoms with Gasteiger partial charge in [-0.15, -0.1) is 11.8 Å². The van der Waals surface area contributed by atoms with Crippen molar-refractivity contribution in [2.24, 2.45) is 0 Å². The van der Waals surface area contributed by atoms with E-state index in [2.05, 4.69) is 5.32 Å². The number of halogens is 1. The molecule has 30 heavy (non-hydrogen) atoms. The molecule has 0 unspecified atom stereocenters. The van der Waals surface area contributed by atoms with Crippen molar-refractivity contribution in [2.45, 2.75) is 11.4 Å². The van der Waals surface area contributed by atoms with Crippen LogP contribution in [0.15, 0.2) is 77.7 Å². The maximum absolute atomic E-state index is 14.2. The van der Waals surface area contributed by atoms with E-state index in [1.165, 1.54) is 30.0 Å². The van der Waals surface area contributed by atoms with Gasteiger partial charge in [0.25, 0.3) is 5.91 Å². The Labute approximate surface area is 180 Å². The zero-order valence-corrected chi connectivity index (χ0v) is 18.1. The molecule has 3 aromatic carbocycles. The molecule has 0 bridgehead atoms. The Bertz CT molecular complexity index is 1150. The van der Waals surface area contributed by atoms with Gasteiger partial charge < -0.3 is 5.32 Å². The molecule has 0 aromatic heterocycles. The summed E-state index contributed by atoms with van der Waals surface area (Å²) in [5.41, 5.74) is 1.77. The van der Waals surface area contributed by atoms with Crippen molar-refractivity contribution in [3.63, 3.8) is 0 Å². The summed E-state index contributed by atoms with van der Waals surface area (Å²) in [6, 6.07) is 19.8. The molecule has 3 rings (SSSR count). The van der Waals surface area contributed by atoms with Crippen LogP contribution in [-0.2, 0) is 16.6 Å². The number of nitrogens with zero attached hydrogens (tertiary/aromatic N) is 1. The van der Waals surface area contributed by atoms with Crippen molar-refractivity contribution in [1.82, 2.24) is 0 Å². The molecule has 0 atom stereocenters. The van der Waals surface area contributed by atoms with Crippen LogP contribution in [0.5, 0.6) is 0 Å². The number of nitrogens with one attached hydrogen (secondary N) is 1. The van der Waals surface area contributed by atoms with Crippen LogP contribution in [0.1, 0.15) is 15.9 Å². The fraction of sp³-hybridized carbons (Fsp3) is 0.136. The summed E-state index contributed by atoms with van der Waals surface area (Å²) in [7, 11) is -3.70. The van der Waals surface area contributed by atoms with Gasteiger partial charge in [-0.1, -0.05) is 36.4 Å². The molecule has 3 aromatic rings. The second kappa shape index (κ2) is 9.32. The molecule has 0 spiro atoms. The number of anilines is 2. The highest BCUT2D eigenvalue weighted by atomic mass is 32.2. The van der Waals surface area contributed by atoms with Crippen LogP contribution in [0, 0.1) is 5.82 Å². The first kappa shape index (κ1) is 21.9. The standard InChI is InChI=1S/C22H21FN2O3S2/c1-29-21-10-6-4-8-19(21)24-22(26)17-13-11-16(12-14-17)15-25(30(2,27)28)20-9-5-3-7-18(20)23/h3-14H,15H2,1-2H3,(H,24,26). The zero-order chi connectivity index (χ0) is 21.7. The topological polar surface area (TPSA) is 66.5 Å². The minimum Gasteiger partial charge on any atom is -0.321 e. The molecule has 1 N–H and O–H groups in total. The van der Waals surface area contributed by atoms with E-state index >= 15 is 0 Å². The second-order valence-electron chi connectivity index (χ2n) is 6.57. The van der Waals surface area contributed by atoms with Gasteiger partial charge in [0.1, 0.15) is 5.82 Å². The molecule has 1 amide bonds. The largest absolute Gasteiger partial charge is 0.321 e. The van der Waals surface area contributed by atoms with Crippen molar-refractivity contribution in [3.8, 4) is 0 Å². The highest BCUT2D eigenvalue weighted by molar-refractivity contribution is 7.98. The average molecular weight is 445 g/mol. The number of para-hydroxylation sites is 2. The number of thioether (sulfide) groups is 1. The number of rotatable bonds is 7. The number of amides is 1. The van der Waals surface area contributed by atoms with Crippen LogP contribution in [0.2, 0.25) is 0 Å². The van der Waals surface area contributed by atoms with Crippen molar-refractivity contribution < 1.29 is 17.6 Å². The fourth-order valence-electron chi connectivity index (χ4n) is 2.90. The number of hydrogen-bond acceptors (Lipinski definition) is 4. The van der Waals surface area contributed by atoms with Crippen LogP contribution >= 0.6 is 11.8 Å². The normalized spacial score (nSPS) is 11.2. The summed E-state index contributed by atoms with van der Waals surface area (Å²) < 4.78 is 39.6. The SMILES string of the molecule is CSc1ccccc1NC(=O)c1ccc(CN(c2ccccc2F)S(C)(=O)=O)cc1. The number of carbonyl (C=O) groups excluding carboxylic acids is 1. The summed E-state index contributed by atoms with van der Waals surface area (Å²) in [4.78, 5) is 13.5. The lowest BCUT2D eigenvalue weighted by atomic mass is 10.1. The summed E-state index contributed by atoms with van der Waals surface area (Å²) in [5.74, 6) is -0.886. The van der Waals surface area contributed by atoms with E-state index in [9.17, 15) is 17.6 Å². The average Bonchev–Trinajstić information content (AvgIpc) is 2.72. The lowest BCUT2D eigenvalue weighted by Gasteiger charge is -2.23. The van der Waals surface area contributed by atoms with Crippen LogP contribution in [0.4, 0.5) is 15.8 Å². The third-order valence-electron chi connectivity index (χ3n) is 4.42. The van der Waals surface area contributed by atoms with Crippen molar-refractivity contribution in [2.75, 3.05) is 22.1 Å². The van der Waals surface area contributed by atoms with Gasteiger partial charge in [-0.05, 0) is 48.2 Å². The monoisotopic (exact) mass is 444 g/mol. The van der Waals surface area contributed by atoms with Crippen LogP contribution in [0.3, 0.4) is 0 Å². The smallest absolute Gasteiger partial charge is 0.255 e. The van der Waals surface area contributed by atoms with Gasteiger partial charge >= 0.3 is 0 Å². The number of carbonyl (C=O) groups is 1. The second-order valence-corrected chi connectivity index (χ2v) is 9.33. The molecule has 0 fully saturated rings. The van der Waals surface area contributed by atoms with Gasteiger partial charge in [0, 0.05) is 10.5 Å². The predicted octanol–water partition coefficient (Wildman–Crippen LogP) is 4.77. The maximum Gasteiger partial charge on any atom is 0.255 e. The molecule has 156 valence electrons. The summed E-state index contributed by atoms with van der Waals surface area (Å²) in [5, 5.41) is 2.88. The molecule has 0 aliphatic carbocycles. The number of benzene rings is 3. The van der Waals surface area contributed by atoms with Crippen LogP contribution in [-0.4, -0.2) is 26.8 Å². The number of hydrogen-bond donors (Lipinski definition) is 1. The first-order valence-corrected chi connectivity index (χ1v) is 12.1.